The van der Waals surface area contributed by atoms with Crippen LogP contribution < -0.4 is 10.4 Å². The molecule has 1 atom stereocenters. The molecule has 5 rings (SSSR count). The van der Waals surface area contributed by atoms with Gasteiger partial charge in [0, 0.05) is 37.6 Å². The molecule has 1 amide bonds. The van der Waals surface area contributed by atoms with Gasteiger partial charge in [0.2, 0.25) is 0 Å². The van der Waals surface area contributed by atoms with E-state index < -0.39 is 6.04 Å². The Morgan fingerprint density at radius 1 is 1.14 bits per heavy atom. The average Bonchev–Trinajstić information content (AvgIpc) is 3.32. The number of nitrogens with one attached hydrogen (secondary N) is 1. The van der Waals surface area contributed by atoms with Gasteiger partial charge in [0.1, 0.15) is 5.52 Å². The number of nitrogens with zero attached hydrogens (tertiary/aromatic N) is 3. The number of hydrogen-bond donors (Lipinski definition) is 1. The third kappa shape index (κ3) is 2.84. The first-order valence-corrected chi connectivity index (χ1v) is 10.2. The van der Waals surface area contributed by atoms with E-state index in [0.717, 1.165) is 47.9 Å². The number of aryl methyl sites for hydroxylation is 1. The lowest BCUT2D eigenvalue weighted by molar-refractivity contribution is -0.128. The molecule has 3 aliphatic rings. The lowest BCUT2D eigenvalue weighted by Gasteiger charge is -2.29. The van der Waals surface area contributed by atoms with Crippen molar-refractivity contribution in [1.82, 2.24) is 14.5 Å². The Morgan fingerprint density at radius 3 is 2.72 bits per heavy atom. The molecule has 7 nitrogen and oxygen atoms in total. The maximum atomic E-state index is 12.5. The molecule has 3 heterocycles. The van der Waals surface area contributed by atoms with Gasteiger partial charge < -0.3 is 14.6 Å². The van der Waals surface area contributed by atoms with Gasteiger partial charge in [-0.1, -0.05) is 6.42 Å². The molecule has 1 aromatic heterocycles. The van der Waals surface area contributed by atoms with Crippen molar-refractivity contribution in [2.45, 2.75) is 44.2 Å². The number of ether oxygens (including phenoxy) is 1. The SMILES string of the molecule is CN1C=C(c2ccc3c([nH]c(=O)n3C)c2OC2CCCCC2)C2=CC=NC2C1=O. The van der Waals surface area contributed by atoms with Crippen LogP contribution in [-0.4, -0.2) is 45.8 Å². The number of amides is 1. The van der Waals surface area contributed by atoms with E-state index >= 15 is 0 Å². The number of rotatable bonds is 3. The first-order valence-electron chi connectivity index (χ1n) is 10.2. The minimum atomic E-state index is -0.506. The highest BCUT2D eigenvalue weighted by atomic mass is 16.5. The van der Waals surface area contributed by atoms with Crippen molar-refractivity contribution < 1.29 is 9.53 Å². The van der Waals surface area contributed by atoms with Gasteiger partial charge in [0.05, 0.1) is 11.6 Å². The van der Waals surface area contributed by atoms with E-state index in [2.05, 4.69) is 9.98 Å². The number of carbonyl (C=O) groups is 1. The normalized spacial score (nSPS) is 22.1. The van der Waals surface area contributed by atoms with Gasteiger partial charge in [-0.2, -0.15) is 0 Å². The first-order chi connectivity index (χ1) is 14.0. The van der Waals surface area contributed by atoms with Crippen molar-refractivity contribution in [3.8, 4) is 5.75 Å². The Hall–Kier alpha value is -3.09. The summed E-state index contributed by atoms with van der Waals surface area (Å²) in [7, 11) is 3.50. The summed E-state index contributed by atoms with van der Waals surface area (Å²) < 4.78 is 8.13. The summed E-state index contributed by atoms with van der Waals surface area (Å²) >= 11 is 0. The number of aliphatic imine (C=N–C) groups is 1. The maximum Gasteiger partial charge on any atom is 0.326 e. The lowest BCUT2D eigenvalue weighted by Crippen LogP contribution is -2.36. The lowest BCUT2D eigenvalue weighted by atomic mass is 9.90. The van der Waals surface area contributed by atoms with E-state index in [1.807, 2.05) is 24.4 Å². The molecular formula is C22H24N4O3. The largest absolute Gasteiger partial charge is 0.488 e. The zero-order valence-corrected chi connectivity index (χ0v) is 16.6. The summed E-state index contributed by atoms with van der Waals surface area (Å²) in [6.07, 6.45) is 11.1. The van der Waals surface area contributed by atoms with Crippen molar-refractivity contribution in [3.63, 3.8) is 0 Å². The van der Waals surface area contributed by atoms with Gasteiger partial charge in [-0.15, -0.1) is 0 Å². The fourth-order valence-corrected chi connectivity index (χ4v) is 4.52. The molecule has 0 bridgehead atoms. The molecule has 7 heteroatoms. The Balaban J connectivity index is 1.69. The van der Waals surface area contributed by atoms with E-state index in [1.165, 1.54) is 6.42 Å². The molecule has 0 radical (unpaired) electrons. The fourth-order valence-electron chi connectivity index (χ4n) is 4.52. The summed E-state index contributed by atoms with van der Waals surface area (Å²) in [4.78, 5) is 33.7. The van der Waals surface area contributed by atoms with Crippen LogP contribution in [0, 0.1) is 0 Å². The zero-order chi connectivity index (χ0) is 20.1. The molecule has 150 valence electrons. The summed E-state index contributed by atoms with van der Waals surface area (Å²) in [5.74, 6) is 0.644. The van der Waals surface area contributed by atoms with Gasteiger partial charge in [-0.25, -0.2) is 4.79 Å². The number of aromatic nitrogens is 2. The minimum absolute atomic E-state index is 0.0438. The van der Waals surface area contributed by atoms with Crippen LogP contribution in [0.3, 0.4) is 0 Å². The second-order valence-electron chi connectivity index (χ2n) is 8.02. The number of H-pyrrole nitrogens is 1. The van der Waals surface area contributed by atoms with Crippen LogP contribution in [0.2, 0.25) is 0 Å². The van der Waals surface area contributed by atoms with E-state index in [0.29, 0.717) is 11.3 Å². The van der Waals surface area contributed by atoms with Crippen molar-refractivity contribution in [2.24, 2.45) is 12.0 Å². The number of hydrogen-bond acceptors (Lipinski definition) is 4. The molecule has 1 unspecified atom stereocenters. The third-order valence-corrected chi connectivity index (χ3v) is 6.16. The first kappa shape index (κ1) is 18.0. The summed E-state index contributed by atoms with van der Waals surface area (Å²) in [5.41, 5.74) is 4.00. The summed E-state index contributed by atoms with van der Waals surface area (Å²) in [6.45, 7) is 0. The molecule has 0 spiro atoms. The number of fused-ring (bicyclic) bond motifs is 2. The zero-order valence-electron chi connectivity index (χ0n) is 16.6. The highest BCUT2D eigenvalue weighted by molar-refractivity contribution is 6.05. The predicted molar refractivity (Wildman–Crippen MR) is 112 cm³/mol. The molecule has 1 aliphatic carbocycles. The van der Waals surface area contributed by atoms with Crippen molar-refractivity contribution in [2.75, 3.05) is 7.05 Å². The summed E-state index contributed by atoms with van der Waals surface area (Å²) in [5, 5.41) is 0. The smallest absolute Gasteiger partial charge is 0.326 e. The minimum Gasteiger partial charge on any atom is -0.488 e. The van der Waals surface area contributed by atoms with Crippen LogP contribution in [0.15, 0.2) is 39.8 Å². The number of carbonyl (C=O) groups excluding carboxylic acids is 1. The Kier molecular flexibility index (Phi) is 4.19. The molecule has 1 aromatic carbocycles. The Bertz CT molecular complexity index is 1140. The number of likely N-dealkylation sites (N-methyl/N-ethyl adjacent to an activating group) is 1. The van der Waals surface area contributed by atoms with Gasteiger partial charge in [-0.3, -0.25) is 14.4 Å². The van der Waals surface area contributed by atoms with Crippen molar-refractivity contribution >= 4 is 28.7 Å². The Labute approximate surface area is 168 Å². The topological polar surface area (TPSA) is 79.7 Å². The van der Waals surface area contributed by atoms with Crippen LogP contribution >= 0.6 is 0 Å². The van der Waals surface area contributed by atoms with Crippen LogP contribution in [0.25, 0.3) is 16.6 Å². The highest BCUT2D eigenvalue weighted by Gasteiger charge is 2.35. The maximum absolute atomic E-state index is 12.5. The molecule has 29 heavy (non-hydrogen) atoms. The standard InChI is InChI=1S/C22H24N4O3/c1-25-12-16(14-10-11-23-18(14)21(25)27)15-8-9-17-19(24-22(28)26(17)2)20(15)29-13-6-4-3-5-7-13/h8-13,18H,3-7H2,1-2H3,(H,24,28). The molecule has 1 saturated carbocycles. The highest BCUT2D eigenvalue weighted by Crippen LogP contribution is 2.41. The van der Waals surface area contributed by atoms with Crippen LogP contribution in [0.1, 0.15) is 37.7 Å². The second-order valence-corrected chi connectivity index (χ2v) is 8.02. The molecule has 2 aliphatic heterocycles. The quantitative estimate of drug-likeness (QED) is 0.872. The monoisotopic (exact) mass is 392 g/mol. The second kappa shape index (κ2) is 6.76. The van der Waals surface area contributed by atoms with Crippen molar-refractivity contribution in [3.05, 3.63) is 46.0 Å². The van der Waals surface area contributed by atoms with Gasteiger partial charge in [0.15, 0.2) is 11.8 Å². The molecule has 1 N–H and O–H groups in total. The molecular weight excluding hydrogens is 368 g/mol. The van der Waals surface area contributed by atoms with Gasteiger partial charge in [0.25, 0.3) is 5.91 Å². The van der Waals surface area contributed by atoms with E-state index in [9.17, 15) is 9.59 Å². The number of imidazole rings is 1. The van der Waals surface area contributed by atoms with Crippen LogP contribution in [0.4, 0.5) is 0 Å². The Morgan fingerprint density at radius 2 is 1.93 bits per heavy atom. The number of allylic oxidation sites excluding steroid dienone is 1. The summed E-state index contributed by atoms with van der Waals surface area (Å²) in [6, 6.07) is 3.41. The van der Waals surface area contributed by atoms with Gasteiger partial charge >= 0.3 is 5.69 Å². The van der Waals surface area contributed by atoms with Crippen LogP contribution in [0.5, 0.6) is 5.75 Å². The number of benzene rings is 1. The van der Waals surface area contributed by atoms with E-state index in [1.54, 1.807) is 29.8 Å². The van der Waals surface area contributed by atoms with Crippen molar-refractivity contribution in [1.29, 1.82) is 0 Å². The fraction of sp³-hybridized carbons (Fsp3) is 0.409. The molecule has 2 aromatic rings. The predicted octanol–water partition coefficient (Wildman–Crippen LogP) is 2.77. The van der Waals surface area contributed by atoms with E-state index in [4.69, 9.17) is 4.74 Å². The average molecular weight is 392 g/mol. The third-order valence-electron chi connectivity index (χ3n) is 6.16. The van der Waals surface area contributed by atoms with Gasteiger partial charge in [-0.05, 0) is 49.5 Å². The molecule has 0 saturated heterocycles. The van der Waals surface area contributed by atoms with Crippen LogP contribution in [-0.2, 0) is 11.8 Å². The molecule has 1 fully saturated rings. The number of aromatic amines is 1. The van der Waals surface area contributed by atoms with E-state index in [-0.39, 0.29) is 17.7 Å².